The molecule has 0 radical (unpaired) electrons. The third kappa shape index (κ3) is 2.55. The number of anilines is 2. The van der Waals surface area contributed by atoms with E-state index in [4.69, 9.17) is 16.9 Å². The van der Waals surface area contributed by atoms with Crippen LogP contribution in [-0.2, 0) is 0 Å². The number of nitriles is 1. The Morgan fingerprint density at radius 3 is 2.47 bits per heavy atom. The molecular weight excluding hydrogens is 239 g/mol. The third-order valence-corrected chi connectivity index (χ3v) is 2.50. The van der Waals surface area contributed by atoms with Gasteiger partial charge in [-0.15, -0.1) is 0 Å². The van der Waals surface area contributed by atoms with E-state index in [0.29, 0.717) is 10.7 Å². The molecule has 1 N–H and O–H groups in total. The van der Waals surface area contributed by atoms with Gasteiger partial charge in [-0.1, -0.05) is 17.7 Å². The molecule has 0 amide bonds. The highest BCUT2D eigenvalue weighted by Gasteiger charge is 2.07. The fourth-order valence-electron chi connectivity index (χ4n) is 1.43. The van der Waals surface area contributed by atoms with Crippen LogP contribution in [0.1, 0.15) is 5.56 Å². The van der Waals surface area contributed by atoms with E-state index in [0.717, 1.165) is 5.69 Å². The van der Waals surface area contributed by atoms with Crippen LogP contribution in [0.4, 0.5) is 15.8 Å². The Kier molecular flexibility index (Phi) is 3.27. The molecule has 2 aromatic carbocycles. The average molecular weight is 247 g/mol. The minimum atomic E-state index is -0.536. The quantitative estimate of drug-likeness (QED) is 0.866. The molecule has 0 aromatic heterocycles. The second-order valence-corrected chi connectivity index (χ2v) is 3.84. The molecule has 0 aliphatic rings. The molecule has 0 saturated carbocycles. The second-order valence-electron chi connectivity index (χ2n) is 3.41. The van der Waals surface area contributed by atoms with Gasteiger partial charge in [-0.3, -0.25) is 0 Å². The minimum Gasteiger partial charge on any atom is -0.354 e. The number of hydrogen-bond acceptors (Lipinski definition) is 2. The van der Waals surface area contributed by atoms with Crippen molar-refractivity contribution in [1.29, 1.82) is 5.26 Å². The molecule has 4 heteroatoms. The van der Waals surface area contributed by atoms with Gasteiger partial charge in [-0.25, -0.2) is 4.39 Å². The van der Waals surface area contributed by atoms with Crippen molar-refractivity contribution in [1.82, 2.24) is 0 Å². The van der Waals surface area contributed by atoms with Crippen LogP contribution in [0.15, 0.2) is 42.5 Å². The van der Waals surface area contributed by atoms with Crippen LogP contribution in [0.5, 0.6) is 0 Å². The molecule has 2 aromatic rings. The van der Waals surface area contributed by atoms with E-state index in [1.165, 1.54) is 6.07 Å². The summed E-state index contributed by atoms with van der Waals surface area (Å²) < 4.78 is 13.3. The summed E-state index contributed by atoms with van der Waals surface area (Å²) in [5.41, 5.74) is 1.19. The summed E-state index contributed by atoms with van der Waals surface area (Å²) in [5.74, 6) is -0.536. The van der Waals surface area contributed by atoms with E-state index >= 15 is 0 Å². The lowest BCUT2D eigenvalue weighted by molar-refractivity contribution is 0.624. The van der Waals surface area contributed by atoms with Gasteiger partial charge in [-0.2, -0.15) is 5.26 Å². The maximum Gasteiger partial charge on any atom is 0.143 e. The first-order valence-electron chi connectivity index (χ1n) is 4.92. The van der Waals surface area contributed by atoms with E-state index in [-0.39, 0.29) is 5.56 Å². The van der Waals surface area contributed by atoms with Crippen molar-refractivity contribution in [2.45, 2.75) is 0 Å². The molecule has 0 spiro atoms. The molecule has 2 rings (SSSR count). The van der Waals surface area contributed by atoms with Crippen molar-refractivity contribution in [2.75, 3.05) is 5.32 Å². The zero-order chi connectivity index (χ0) is 12.3. The molecule has 0 atom stereocenters. The molecule has 0 aliphatic heterocycles. The van der Waals surface area contributed by atoms with Gasteiger partial charge in [0.25, 0.3) is 0 Å². The van der Waals surface area contributed by atoms with E-state index in [1.54, 1.807) is 36.4 Å². The summed E-state index contributed by atoms with van der Waals surface area (Å²) in [7, 11) is 0. The van der Waals surface area contributed by atoms with E-state index < -0.39 is 5.82 Å². The molecule has 84 valence electrons. The highest BCUT2D eigenvalue weighted by molar-refractivity contribution is 6.30. The van der Waals surface area contributed by atoms with Crippen molar-refractivity contribution in [3.8, 4) is 6.07 Å². The van der Waals surface area contributed by atoms with Gasteiger partial charge in [0.15, 0.2) is 0 Å². The standard InChI is InChI=1S/C13H8ClFN2/c14-9-4-6-10(7-5-9)17-13-3-1-2-12(15)11(13)8-16/h1-7,17H. The highest BCUT2D eigenvalue weighted by atomic mass is 35.5. The number of nitrogens with zero attached hydrogens (tertiary/aromatic N) is 1. The lowest BCUT2D eigenvalue weighted by Gasteiger charge is -2.08. The Balaban J connectivity index is 2.34. The van der Waals surface area contributed by atoms with Crippen LogP contribution in [0.25, 0.3) is 0 Å². The Hall–Kier alpha value is -2.05. The number of benzene rings is 2. The summed E-state index contributed by atoms with van der Waals surface area (Å²) in [6.07, 6.45) is 0. The first-order valence-corrected chi connectivity index (χ1v) is 5.29. The third-order valence-electron chi connectivity index (χ3n) is 2.25. The number of rotatable bonds is 2. The highest BCUT2D eigenvalue weighted by Crippen LogP contribution is 2.23. The number of nitrogens with one attached hydrogen (secondary N) is 1. The van der Waals surface area contributed by atoms with Crippen LogP contribution in [0.2, 0.25) is 5.02 Å². The average Bonchev–Trinajstić information content (AvgIpc) is 2.32. The molecule has 2 nitrogen and oxygen atoms in total. The van der Waals surface area contributed by atoms with Gasteiger partial charge in [0.1, 0.15) is 17.4 Å². The summed E-state index contributed by atoms with van der Waals surface area (Å²) in [5, 5.41) is 12.5. The SMILES string of the molecule is N#Cc1c(F)cccc1Nc1ccc(Cl)cc1. The minimum absolute atomic E-state index is 0.00227. The van der Waals surface area contributed by atoms with E-state index in [1.807, 2.05) is 6.07 Å². The summed E-state index contributed by atoms with van der Waals surface area (Å²) in [6.45, 7) is 0. The normalized spacial score (nSPS) is 9.71. The van der Waals surface area contributed by atoms with E-state index in [9.17, 15) is 4.39 Å². The van der Waals surface area contributed by atoms with Crippen LogP contribution in [-0.4, -0.2) is 0 Å². The molecule has 0 aliphatic carbocycles. The fourth-order valence-corrected chi connectivity index (χ4v) is 1.56. The number of halogens is 2. The Labute approximate surface area is 103 Å². The molecule has 0 unspecified atom stereocenters. The fraction of sp³-hybridized carbons (Fsp3) is 0. The summed E-state index contributed by atoms with van der Waals surface area (Å²) >= 11 is 5.76. The summed E-state index contributed by atoms with van der Waals surface area (Å²) in [6, 6.07) is 13.2. The van der Waals surface area contributed by atoms with Gasteiger partial charge >= 0.3 is 0 Å². The van der Waals surface area contributed by atoms with Crippen molar-refractivity contribution in [2.24, 2.45) is 0 Å². The molecule has 0 bridgehead atoms. The van der Waals surface area contributed by atoms with Crippen LogP contribution in [0.3, 0.4) is 0 Å². The zero-order valence-corrected chi connectivity index (χ0v) is 9.50. The topological polar surface area (TPSA) is 35.8 Å². The van der Waals surface area contributed by atoms with Crippen molar-refractivity contribution in [3.05, 3.63) is 58.9 Å². The molecule has 0 fully saturated rings. The van der Waals surface area contributed by atoms with E-state index in [2.05, 4.69) is 5.32 Å². The van der Waals surface area contributed by atoms with Gasteiger partial charge in [0.2, 0.25) is 0 Å². The monoisotopic (exact) mass is 246 g/mol. The van der Waals surface area contributed by atoms with Crippen molar-refractivity contribution in [3.63, 3.8) is 0 Å². The zero-order valence-electron chi connectivity index (χ0n) is 8.74. The maximum absolute atomic E-state index is 13.3. The predicted octanol–water partition coefficient (Wildman–Crippen LogP) is 4.09. The van der Waals surface area contributed by atoms with Crippen LogP contribution >= 0.6 is 11.6 Å². The Morgan fingerprint density at radius 2 is 1.82 bits per heavy atom. The second kappa shape index (κ2) is 4.86. The van der Waals surface area contributed by atoms with Gasteiger partial charge < -0.3 is 5.32 Å². The lowest BCUT2D eigenvalue weighted by atomic mass is 10.1. The maximum atomic E-state index is 13.3. The molecular formula is C13H8ClFN2. The number of hydrogen-bond donors (Lipinski definition) is 1. The predicted molar refractivity (Wildman–Crippen MR) is 65.8 cm³/mol. The summed E-state index contributed by atoms with van der Waals surface area (Å²) in [4.78, 5) is 0. The Bertz CT molecular complexity index is 573. The van der Waals surface area contributed by atoms with Crippen LogP contribution in [0, 0.1) is 17.1 Å². The van der Waals surface area contributed by atoms with Crippen LogP contribution < -0.4 is 5.32 Å². The first kappa shape index (κ1) is 11.4. The van der Waals surface area contributed by atoms with Crippen molar-refractivity contribution >= 4 is 23.0 Å². The smallest absolute Gasteiger partial charge is 0.143 e. The van der Waals surface area contributed by atoms with Gasteiger partial charge in [0.05, 0.1) is 5.69 Å². The van der Waals surface area contributed by atoms with Crippen molar-refractivity contribution < 1.29 is 4.39 Å². The molecule has 0 heterocycles. The largest absolute Gasteiger partial charge is 0.354 e. The van der Waals surface area contributed by atoms with Gasteiger partial charge in [-0.05, 0) is 36.4 Å². The first-order chi connectivity index (χ1) is 8.20. The van der Waals surface area contributed by atoms with Gasteiger partial charge in [0, 0.05) is 10.7 Å². The molecule has 17 heavy (non-hydrogen) atoms. The molecule has 0 saturated heterocycles. The Morgan fingerprint density at radius 1 is 1.12 bits per heavy atom. The lowest BCUT2D eigenvalue weighted by Crippen LogP contribution is -1.95.